The second-order valence-corrected chi connectivity index (χ2v) is 6.87. The number of nitrogens with one attached hydrogen (secondary N) is 2. The number of nitro benzene ring substituents is 1. The number of rotatable bonds is 5. The number of aromatic nitrogens is 2. The normalized spacial score (nSPS) is 10.5. The fourth-order valence-corrected chi connectivity index (χ4v) is 3.23. The average Bonchev–Trinajstić information content (AvgIpc) is 3.17. The number of benzene rings is 2. The molecule has 1 aromatic heterocycles. The largest absolute Gasteiger partial charge is 0.355 e. The van der Waals surface area contributed by atoms with Gasteiger partial charge < -0.3 is 5.32 Å². The Kier molecular flexibility index (Phi) is 5.37. The number of carbonyl (C=O) groups excluding carboxylic acids is 1. The Labute approximate surface area is 167 Å². The highest BCUT2D eigenvalue weighted by Gasteiger charge is 2.23. The number of amides is 1. The van der Waals surface area contributed by atoms with Gasteiger partial charge in [0.25, 0.3) is 11.6 Å². The van der Waals surface area contributed by atoms with Gasteiger partial charge in [-0.15, -0.1) is 0 Å². The van der Waals surface area contributed by atoms with Crippen LogP contribution in [0.15, 0.2) is 48.8 Å². The summed E-state index contributed by atoms with van der Waals surface area (Å²) in [5, 5.41) is 27.7. The van der Waals surface area contributed by atoms with E-state index >= 15 is 0 Å². The van der Waals surface area contributed by atoms with Crippen LogP contribution in [0.3, 0.4) is 0 Å². The summed E-state index contributed by atoms with van der Waals surface area (Å²) in [7, 11) is 0. The van der Waals surface area contributed by atoms with Gasteiger partial charge in [-0.1, -0.05) is 0 Å². The summed E-state index contributed by atoms with van der Waals surface area (Å²) in [6.45, 7) is 1.90. The maximum atomic E-state index is 12.1. The van der Waals surface area contributed by atoms with Crippen molar-refractivity contribution in [1.82, 2.24) is 15.3 Å². The molecule has 0 aliphatic heterocycles. The molecule has 1 amide bonds. The van der Waals surface area contributed by atoms with Crippen molar-refractivity contribution in [2.24, 2.45) is 0 Å². The summed E-state index contributed by atoms with van der Waals surface area (Å²) in [6, 6.07) is 9.87. The fourth-order valence-electron chi connectivity index (χ4n) is 2.58. The predicted octanol–water partition coefficient (Wildman–Crippen LogP) is 3.56. The number of nitro groups is 1. The van der Waals surface area contributed by atoms with E-state index in [1.807, 2.05) is 25.1 Å². The van der Waals surface area contributed by atoms with Gasteiger partial charge in [0.1, 0.15) is 5.69 Å². The van der Waals surface area contributed by atoms with Crippen molar-refractivity contribution < 1.29 is 14.9 Å². The quantitative estimate of drug-likeness (QED) is 0.223. The average molecular weight is 479 g/mol. The third-order valence-electron chi connectivity index (χ3n) is 3.87. The molecule has 1 heterocycles. The van der Waals surface area contributed by atoms with Gasteiger partial charge in [0.2, 0.25) is 0 Å². The molecule has 0 fully saturated rings. The molecule has 0 spiro atoms. The zero-order valence-electron chi connectivity index (χ0n) is 14.0. The minimum atomic E-state index is -0.865. The number of halogens is 1. The molecule has 138 valence electrons. The zero-order valence-corrected chi connectivity index (χ0v) is 16.2. The van der Waals surface area contributed by atoms with E-state index in [9.17, 15) is 14.9 Å². The first-order valence-electron chi connectivity index (χ1n) is 7.70. The molecular weight excluding hydrogens is 465 g/mol. The summed E-state index contributed by atoms with van der Waals surface area (Å²) in [5.41, 5.74) is 3.27. The van der Waals surface area contributed by atoms with Crippen LogP contribution < -0.4 is 10.8 Å². The zero-order chi connectivity index (χ0) is 19.6. The van der Waals surface area contributed by atoms with Crippen molar-refractivity contribution >= 4 is 45.6 Å². The topological polar surface area (TPSA) is 122 Å². The van der Waals surface area contributed by atoms with Crippen LogP contribution in [0, 0.1) is 20.6 Å². The molecule has 9 nitrogen and oxygen atoms in total. The molecule has 10 heteroatoms. The molecule has 2 aromatic carbocycles. The van der Waals surface area contributed by atoms with Crippen LogP contribution in [-0.4, -0.2) is 25.8 Å². The molecule has 3 aromatic rings. The van der Waals surface area contributed by atoms with Gasteiger partial charge >= 0.3 is 0 Å². The number of hydrogen-bond acceptors (Lipinski definition) is 6. The minimum absolute atomic E-state index is 0.0712. The Balaban J connectivity index is 2.19. The smallest absolute Gasteiger partial charge is 0.295 e. The molecule has 3 N–H and O–H groups in total. The number of carbonyl (C=O) groups is 1. The highest BCUT2D eigenvalue weighted by Crippen LogP contribution is 2.32. The van der Waals surface area contributed by atoms with Crippen molar-refractivity contribution in [2.45, 2.75) is 6.92 Å². The van der Waals surface area contributed by atoms with Crippen LogP contribution in [0.4, 0.5) is 17.1 Å². The van der Waals surface area contributed by atoms with E-state index in [0.717, 1.165) is 20.9 Å². The van der Waals surface area contributed by atoms with Crippen LogP contribution in [0.2, 0.25) is 0 Å². The van der Waals surface area contributed by atoms with Gasteiger partial charge in [-0.05, 0) is 65.4 Å². The van der Waals surface area contributed by atoms with Crippen molar-refractivity contribution in [2.75, 3.05) is 5.32 Å². The van der Waals surface area contributed by atoms with E-state index in [0.29, 0.717) is 5.69 Å². The van der Waals surface area contributed by atoms with Crippen molar-refractivity contribution in [1.29, 1.82) is 0 Å². The van der Waals surface area contributed by atoms with E-state index in [1.165, 1.54) is 22.4 Å². The minimum Gasteiger partial charge on any atom is -0.355 e. The van der Waals surface area contributed by atoms with Crippen LogP contribution in [0.1, 0.15) is 15.9 Å². The lowest BCUT2D eigenvalue weighted by molar-refractivity contribution is -0.384. The second kappa shape index (κ2) is 7.72. The Morgan fingerprint density at radius 1 is 1.30 bits per heavy atom. The predicted molar refractivity (Wildman–Crippen MR) is 107 cm³/mol. The SMILES string of the molecule is Cc1cc(I)ccc1Nc1cc(-n2cccn2)c([N+](=O)[O-])cc1C(=O)NO. The Hall–Kier alpha value is -2.99. The van der Waals surface area contributed by atoms with E-state index < -0.39 is 10.8 Å². The Morgan fingerprint density at radius 3 is 2.67 bits per heavy atom. The first-order chi connectivity index (χ1) is 12.9. The molecule has 0 saturated carbocycles. The lowest BCUT2D eigenvalue weighted by atomic mass is 10.1. The van der Waals surface area contributed by atoms with Gasteiger partial charge in [-0.25, -0.2) is 10.2 Å². The third kappa shape index (κ3) is 3.90. The number of nitrogens with zero attached hydrogens (tertiary/aromatic N) is 3. The number of aryl methyl sites for hydroxylation is 1. The fraction of sp³-hybridized carbons (Fsp3) is 0.0588. The molecule has 0 saturated heterocycles. The number of anilines is 2. The van der Waals surface area contributed by atoms with Gasteiger partial charge in [-0.3, -0.25) is 20.1 Å². The maximum Gasteiger partial charge on any atom is 0.295 e. The molecular formula is C17H14IN5O4. The summed E-state index contributed by atoms with van der Waals surface area (Å²) in [4.78, 5) is 23.0. The molecule has 27 heavy (non-hydrogen) atoms. The highest BCUT2D eigenvalue weighted by atomic mass is 127. The third-order valence-corrected chi connectivity index (χ3v) is 4.54. The molecule has 0 atom stereocenters. The van der Waals surface area contributed by atoms with E-state index in [4.69, 9.17) is 5.21 Å². The Bertz CT molecular complexity index is 1020. The van der Waals surface area contributed by atoms with E-state index in [2.05, 4.69) is 33.0 Å². The highest BCUT2D eigenvalue weighted by molar-refractivity contribution is 14.1. The molecule has 0 radical (unpaired) electrons. The van der Waals surface area contributed by atoms with Crippen molar-refractivity contribution in [3.05, 3.63) is 73.6 Å². The number of hydroxylamine groups is 1. The van der Waals surface area contributed by atoms with Gasteiger partial charge in [-0.2, -0.15) is 5.10 Å². The van der Waals surface area contributed by atoms with Crippen molar-refractivity contribution in [3.8, 4) is 5.69 Å². The van der Waals surface area contributed by atoms with Gasteiger partial charge in [0.15, 0.2) is 0 Å². The van der Waals surface area contributed by atoms with Crippen molar-refractivity contribution in [3.63, 3.8) is 0 Å². The van der Waals surface area contributed by atoms with Crippen LogP contribution >= 0.6 is 22.6 Å². The van der Waals surface area contributed by atoms with Crippen LogP contribution in [-0.2, 0) is 0 Å². The first-order valence-corrected chi connectivity index (χ1v) is 8.78. The van der Waals surface area contributed by atoms with E-state index in [1.54, 1.807) is 12.3 Å². The summed E-state index contributed by atoms with van der Waals surface area (Å²) in [6.07, 6.45) is 3.06. The summed E-state index contributed by atoms with van der Waals surface area (Å²) in [5.74, 6) is -0.865. The molecule has 0 aliphatic carbocycles. The second-order valence-electron chi connectivity index (χ2n) is 5.62. The van der Waals surface area contributed by atoms with Crippen LogP contribution in [0.25, 0.3) is 5.69 Å². The maximum absolute atomic E-state index is 12.1. The lowest BCUT2D eigenvalue weighted by Gasteiger charge is -2.15. The Morgan fingerprint density at radius 2 is 2.07 bits per heavy atom. The monoisotopic (exact) mass is 479 g/mol. The molecule has 0 aliphatic rings. The summed E-state index contributed by atoms with van der Waals surface area (Å²) >= 11 is 2.19. The van der Waals surface area contributed by atoms with Gasteiger partial charge in [0.05, 0.1) is 16.2 Å². The summed E-state index contributed by atoms with van der Waals surface area (Å²) < 4.78 is 2.38. The van der Waals surface area contributed by atoms with Crippen LogP contribution in [0.5, 0.6) is 0 Å². The lowest BCUT2D eigenvalue weighted by Crippen LogP contribution is -2.20. The molecule has 0 bridgehead atoms. The molecule has 3 rings (SSSR count). The first kappa shape index (κ1) is 18.8. The number of hydrogen-bond donors (Lipinski definition) is 3. The standard InChI is InChI=1S/C17H14IN5O4/c1-10-7-11(18)3-4-13(10)20-14-9-15(22-6-2-5-19-22)16(23(26)27)8-12(14)17(24)21-25/h2-9,20,25H,1H3,(H,21,24). The van der Waals surface area contributed by atoms with E-state index in [-0.39, 0.29) is 16.9 Å². The van der Waals surface area contributed by atoms with Gasteiger partial charge in [0, 0.05) is 27.7 Å². The molecule has 0 unspecified atom stereocenters.